The summed E-state index contributed by atoms with van der Waals surface area (Å²) in [7, 11) is 1.52. The van der Waals surface area contributed by atoms with E-state index in [1.54, 1.807) is 12.1 Å². The zero-order valence-electron chi connectivity index (χ0n) is 15.5. The van der Waals surface area contributed by atoms with E-state index in [1.165, 1.54) is 37.5 Å². The molecular formula is C20H16BrFN2O4S. The van der Waals surface area contributed by atoms with Crippen molar-refractivity contribution in [3.05, 3.63) is 57.8 Å². The summed E-state index contributed by atoms with van der Waals surface area (Å²) in [6.07, 6.45) is 1.43. The number of nitrogens with zero attached hydrogens (tertiary/aromatic N) is 1. The molecule has 0 saturated carbocycles. The summed E-state index contributed by atoms with van der Waals surface area (Å²) in [5, 5.41) is 2.41. The van der Waals surface area contributed by atoms with Gasteiger partial charge in [-0.2, -0.15) is 0 Å². The molecule has 0 aromatic heterocycles. The van der Waals surface area contributed by atoms with E-state index in [4.69, 9.17) is 21.7 Å². The number of benzene rings is 2. The maximum atomic E-state index is 13.2. The van der Waals surface area contributed by atoms with Crippen LogP contribution in [0.2, 0.25) is 0 Å². The average Bonchev–Trinajstić information content (AvgIpc) is 2.68. The lowest BCUT2D eigenvalue weighted by Crippen LogP contribution is -2.54. The van der Waals surface area contributed by atoms with E-state index in [1.807, 2.05) is 6.92 Å². The number of carbonyl (C=O) groups excluding carboxylic acids is 2. The number of thiocarbonyl (C=S) groups is 1. The Morgan fingerprint density at radius 1 is 1.21 bits per heavy atom. The second kappa shape index (κ2) is 8.71. The number of nitrogens with one attached hydrogen (secondary N) is 1. The average molecular weight is 479 g/mol. The third kappa shape index (κ3) is 4.30. The van der Waals surface area contributed by atoms with Gasteiger partial charge in [0.15, 0.2) is 16.6 Å². The highest BCUT2D eigenvalue weighted by Crippen LogP contribution is 2.35. The number of amides is 2. The monoisotopic (exact) mass is 478 g/mol. The maximum Gasteiger partial charge on any atom is 0.270 e. The zero-order valence-corrected chi connectivity index (χ0v) is 17.9. The minimum Gasteiger partial charge on any atom is -0.493 e. The van der Waals surface area contributed by atoms with E-state index in [0.29, 0.717) is 33.8 Å². The summed E-state index contributed by atoms with van der Waals surface area (Å²) in [4.78, 5) is 26.6. The van der Waals surface area contributed by atoms with Gasteiger partial charge in [0.2, 0.25) is 0 Å². The van der Waals surface area contributed by atoms with Crippen LogP contribution >= 0.6 is 28.1 Å². The minimum atomic E-state index is -0.626. The van der Waals surface area contributed by atoms with Gasteiger partial charge in [0, 0.05) is 4.47 Å². The van der Waals surface area contributed by atoms with Crippen molar-refractivity contribution < 1.29 is 23.5 Å². The smallest absolute Gasteiger partial charge is 0.270 e. The summed E-state index contributed by atoms with van der Waals surface area (Å²) in [6.45, 7) is 2.25. The third-order valence-electron chi connectivity index (χ3n) is 4.07. The number of halogens is 2. The molecule has 6 nitrogen and oxygen atoms in total. The molecule has 29 heavy (non-hydrogen) atoms. The van der Waals surface area contributed by atoms with Crippen molar-refractivity contribution in [1.29, 1.82) is 0 Å². The molecule has 0 bridgehead atoms. The van der Waals surface area contributed by atoms with E-state index in [0.717, 1.165) is 4.90 Å². The Labute approximate surface area is 180 Å². The van der Waals surface area contributed by atoms with Gasteiger partial charge in [-0.15, -0.1) is 0 Å². The first-order valence-electron chi connectivity index (χ1n) is 8.53. The van der Waals surface area contributed by atoms with Crippen LogP contribution in [0, 0.1) is 5.82 Å². The third-order valence-corrected chi connectivity index (χ3v) is 5.04. The van der Waals surface area contributed by atoms with Gasteiger partial charge in [0.25, 0.3) is 11.8 Å². The van der Waals surface area contributed by atoms with Crippen molar-refractivity contribution in [3.8, 4) is 11.5 Å². The number of hydrogen-bond donors (Lipinski definition) is 1. The Hall–Kier alpha value is -2.78. The Bertz CT molecular complexity index is 1020. The Kier molecular flexibility index (Phi) is 6.29. The molecular weight excluding hydrogens is 463 g/mol. The fourth-order valence-electron chi connectivity index (χ4n) is 2.73. The van der Waals surface area contributed by atoms with Gasteiger partial charge in [-0.05, 0) is 67.2 Å². The number of carbonyl (C=O) groups is 2. The molecule has 0 radical (unpaired) electrons. The van der Waals surface area contributed by atoms with Crippen molar-refractivity contribution in [2.75, 3.05) is 18.6 Å². The van der Waals surface area contributed by atoms with Crippen LogP contribution in [0.15, 0.2) is 46.4 Å². The zero-order chi connectivity index (χ0) is 21.1. The summed E-state index contributed by atoms with van der Waals surface area (Å²) in [5.74, 6) is -0.714. The van der Waals surface area contributed by atoms with Gasteiger partial charge in [-0.3, -0.25) is 19.8 Å². The summed E-state index contributed by atoms with van der Waals surface area (Å²) >= 11 is 8.55. The number of anilines is 1. The first-order chi connectivity index (χ1) is 13.8. The van der Waals surface area contributed by atoms with Gasteiger partial charge >= 0.3 is 0 Å². The van der Waals surface area contributed by atoms with Crippen LogP contribution in [0.5, 0.6) is 11.5 Å². The molecule has 9 heteroatoms. The first-order valence-corrected chi connectivity index (χ1v) is 9.73. The van der Waals surface area contributed by atoms with E-state index < -0.39 is 17.6 Å². The minimum absolute atomic E-state index is 0.0763. The summed E-state index contributed by atoms with van der Waals surface area (Å²) in [6, 6.07) is 8.58. The maximum absolute atomic E-state index is 13.2. The number of ether oxygens (including phenoxy) is 2. The number of hydrogen-bond acceptors (Lipinski definition) is 5. The van der Waals surface area contributed by atoms with Crippen LogP contribution in [0.3, 0.4) is 0 Å². The van der Waals surface area contributed by atoms with Crippen LogP contribution in [-0.2, 0) is 9.59 Å². The quantitative estimate of drug-likeness (QED) is 0.401. The highest BCUT2D eigenvalue weighted by Gasteiger charge is 2.34. The lowest BCUT2D eigenvalue weighted by Gasteiger charge is -2.29. The Balaban J connectivity index is 2.05. The standard InChI is InChI=1S/C20H16BrFN2O4S/c1-3-28-17-9-11(15(21)10-16(17)27-2)8-14-18(25)23-20(29)24(19(14)26)13-6-4-12(22)5-7-13/h4-10H,3H2,1-2H3,(H,23,25,29)/b14-8-. The van der Waals surface area contributed by atoms with Gasteiger partial charge in [-0.1, -0.05) is 15.9 Å². The van der Waals surface area contributed by atoms with E-state index in [-0.39, 0.29) is 10.7 Å². The molecule has 2 aromatic rings. The normalized spacial score (nSPS) is 15.5. The largest absolute Gasteiger partial charge is 0.493 e. The molecule has 0 spiro atoms. The number of methoxy groups -OCH3 is 1. The molecule has 0 unspecified atom stereocenters. The van der Waals surface area contributed by atoms with Gasteiger partial charge in [-0.25, -0.2) is 4.39 Å². The first kappa shape index (κ1) is 20.9. The van der Waals surface area contributed by atoms with Crippen LogP contribution < -0.4 is 19.7 Å². The second-order valence-corrected chi connectivity index (χ2v) is 7.13. The van der Waals surface area contributed by atoms with Crippen LogP contribution in [0.25, 0.3) is 6.08 Å². The van der Waals surface area contributed by atoms with E-state index >= 15 is 0 Å². The van der Waals surface area contributed by atoms with Crippen molar-refractivity contribution in [2.45, 2.75) is 6.92 Å². The van der Waals surface area contributed by atoms with Gasteiger partial charge < -0.3 is 9.47 Å². The van der Waals surface area contributed by atoms with Crippen molar-refractivity contribution in [3.63, 3.8) is 0 Å². The van der Waals surface area contributed by atoms with Crippen molar-refractivity contribution in [1.82, 2.24) is 5.32 Å². The number of rotatable bonds is 5. The predicted octanol–water partition coefficient (Wildman–Crippen LogP) is 3.83. The molecule has 3 rings (SSSR count). The predicted molar refractivity (Wildman–Crippen MR) is 114 cm³/mol. The molecule has 1 aliphatic heterocycles. The van der Waals surface area contributed by atoms with Crippen LogP contribution in [0.4, 0.5) is 10.1 Å². The molecule has 1 heterocycles. The highest BCUT2D eigenvalue weighted by molar-refractivity contribution is 9.10. The fraction of sp³-hybridized carbons (Fsp3) is 0.150. The fourth-order valence-corrected chi connectivity index (χ4v) is 3.44. The molecule has 1 fully saturated rings. The topological polar surface area (TPSA) is 67.9 Å². The van der Waals surface area contributed by atoms with Crippen LogP contribution in [0.1, 0.15) is 12.5 Å². The lowest BCUT2D eigenvalue weighted by atomic mass is 10.1. The van der Waals surface area contributed by atoms with Crippen LogP contribution in [-0.4, -0.2) is 30.6 Å². The molecule has 1 saturated heterocycles. The Morgan fingerprint density at radius 3 is 2.52 bits per heavy atom. The van der Waals surface area contributed by atoms with E-state index in [2.05, 4.69) is 21.2 Å². The molecule has 0 aliphatic carbocycles. The highest BCUT2D eigenvalue weighted by atomic mass is 79.9. The molecule has 2 aromatic carbocycles. The summed E-state index contributed by atoms with van der Waals surface area (Å²) < 4.78 is 24.7. The molecule has 0 atom stereocenters. The van der Waals surface area contributed by atoms with Gasteiger partial charge in [0.05, 0.1) is 19.4 Å². The Morgan fingerprint density at radius 2 is 1.90 bits per heavy atom. The molecule has 1 N–H and O–H groups in total. The summed E-state index contributed by atoms with van der Waals surface area (Å²) in [5.41, 5.74) is 0.756. The van der Waals surface area contributed by atoms with Crippen molar-refractivity contribution in [2.24, 2.45) is 0 Å². The lowest BCUT2D eigenvalue weighted by molar-refractivity contribution is -0.122. The van der Waals surface area contributed by atoms with E-state index in [9.17, 15) is 14.0 Å². The second-order valence-electron chi connectivity index (χ2n) is 5.89. The SMILES string of the molecule is CCOc1cc(/C=C2/C(=O)NC(=S)N(c3ccc(F)cc3)C2=O)c(Br)cc1OC. The van der Waals surface area contributed by atoms with Gasteiger partial charge in [0.1, 0.15) is 11.4 Å². The molecule has 1 aliphatic rings. The molecule has 150 valence electrons. The molecule has 2 amide bonds. The van der Waals surface area contributed by atoms with Crippen molar-refractivity contribution >= 4 is 56.8 Å².